The fraction of sp³-hybridized carbons (Fsp3) is 0.381. The zero-order valence-corrected chi connectivity index (χ0v) is 16.4. The van der Waals surface area contributed by atoms with E-state index in [-0.39, 0.29) is 12.5 Å². The van der Waals surface area contributed by atoms with Crippen LogP contribution in [0.5, 0.6) is 17.2 Å². The molecule has 1 atom stereocenters. The summed E-state index contributed by atoms with van der Waals surface area (Å²) in [5.41, 5.74) is 1.18. The topological polar surface area (TPSA) is 48.0 Å². The van der Waals surface area contributed by atoms with Crippen molar-refractivity contribution in [3.8, 4) is 17.2 Å². The second-order valence-corrected chi connectivity index (χ2v) is 7.01. The average molecular weight is 390 g/mol. The molecule has 6 heteroatoms. The molecule has 1 amide bonds. The minimum absolute atomic E-state index is 0.00676. The van der Waals surface area contributed by atoms with E-state index >= 15 is 0 Å². The minimum atomic E-state index is -0.00951. The Morgan fingerprint density at radius 1 is 1.11 bits per heavy atom. The number of halogens is 1. The summed E-state index contributed by atoms with van der Waals surface area (Å²) in [7, 11) is 3.26. The van der Waals surface area contributed by atoms with Gasteiger partial charge in [-0.05, 0) is 48.6 Å². The van der Waals surface area contributed by atoms with Crippen LogP contribution in [0.15, 0.2) is 42.5 Å². The lowest BCUT2D eigenvalue weighted by atomic mass is 9.98. The van der Waals surface area contributed by atoms with Crippen LogP contribution in [0.3, 0.4) is 0 Å². The van der Waals surface area contributed by atoms with E-state index in [0.29, 0.717) is 16.7 Å². The van der Waals surface area contributed by atoms with E-state index in [1.54, 1.807) is 26.4 Å². The summed E-state index contributed by atoms with van der Waals surface area (Å²) in [5.74, 6) is 2.40. The molecule has 0 saturated carbocycles. The Morgan fingerprint density at radius 2 is 1.89 bits per heavy atom. The SMILES string of the molecule is COc1ccc(CC2CCN(C(=O)COc3ccccc3Cl)C2)cc1OC. The lowest BCUT2D eigenvalue weighted by molar-refractivity contribution is -0.132. The molecule has 3 rings (SSSR count). The Balaban J connectivity index is 1.52. The van der Waals surface area contributed by atoms with Crippen molar-refractivity contribution in [3.05, 3.63) is 53.1 Å². The molecule has 5 nitrogen and oxygen atoms in total. The molecule has 1 heterocycles. The zero-order chi connectivity index (χ0) is 19.2. The number of amides is 1. The van der Waals surface area contributed by atoms with Gasteiger partial charge >= 0.3 is 0 Å². The summed E-state index contributed by atoms with van der Waals surface area (Å²) in [6.45, 7) is 1.49. The largest absolute Gasteiger partial charge is 0.493 e. The summed E-state index contributed by atoms with van der Waals surface area (Å²) >= 11 is 6.06. The predicted molar refractivity (Wildman–Crippen MR) is 105 cm³/mol. The van der Waals surface area contributed by atoms with Gasteiger partial charge in [-0.2, -0.15) is 0 Å². The molecule has 0 N–H and O–H groups in total. The van der Waals surface area contributed by atoms with E-state index in [0.717, 1.165) is 37.4 Å². The number of benzene rings is 2. The van der Waals surface area contributed by atoms with Crippen molar-refractivity contribution >= 4 is 17.5 Å². The number of para-hydroxylation sites is 1. The maximum Gasteiger partial charge on any atom is 0.260 e. The highest BCUT2D eigenvalue weighted by Gasteiger charge is 2.27. The molecular weight excluding hydrogens is 366 g/mol. The van der Waals surface area contributed by atoms with Gasteiger partial charge in [0.15, 0.2) is 18.1 Å². The summed E-state index contributed by atoms with van der Waals surface area (Å²) in [5, 5.41) is 0.512. The minimum Gasteiger partial charge on any atom is -0.493 e. The molecule has 0 bridgehead atoms. The number of likely N-dealkylation sites (tertiary alicyclic amines) is 1. The van der Waals surface area contributed by atoms with Crippen LogP contribution in [0.25, 0.3) is 0 Å². The molecule has 1 unspecified atom stereocenters. The third kappa shape index (κ3) is 4.86. The van der Waals surface area contributed by atoms with Crippen molar-refractivity contribution in [2.24, 2.45) is 5.92 Å². The Morgan fingerprint density at radius 3 is 2.63 bits per heavy atom. The number of nitrogens with zero attached hydrogens (tertiary/aromatic N) is 1. The first-order valence-electron chi connectivity index (χ1n) is 8.96. The molecule has 2 aromatic rings. The molecule has 0 spiro atoms. The van der Waals surface area contributed by atoms with Gasteiger partial charge in [-0.3, -0.25) is 4.79 Å². The maximum atomic E-state index is 12.4. The highest BCUT2D eigenvalue weighted by atomic mass is 35.5. The molecule has 2 aromatic carbocycles. The molecule has 1 saturated heterocycles. The predicted octanol–water partition coefficient (Wildman–Crippen LogP) is 3.83. The highest BCUT2D eigenvalue weighted by Crippen LogP contribution is 2.30. The first-order chi connectivity index (χ1) is 13.1. The van der Waals surface area contributed by atoms with Crippen molar-refractivity contribution in [1.82, 2.24) is 4.90 Å². The number of ether oxygens (including phenoxy) is 3. The van der Waals surface area contributed by atoms with Crippen molar-refractivity contribution in [2.75, 3.05) is 33.9 Å². The van der Waals surface area contributed by atoms with Gasteiger partial charge in [-0.15, -0.1) is 0 Å². The van der Waals surface area contributed by atoms with Crippen molar-refractivity contribution < 1.29 is 19.0 Å². The fourth-order valence-electron chi connectivity index (χ4n) is 3.36. The quantitative estimate of drug-likeness (QED) is 0.722. The van der Waals surface area contributed by atoms with E-state index in [1.165, 1.54) is 5.56 Å². The number of carbonyl (C=O) groups excluding carboxylic acids is 1. The molecule has 0 radical (unpaired) electrons. The van der Waals surface area contributed by atoms with Gasteiger partial charge in [0.05, 0.1) is 19.2 Å². The van der Waals surface area contributed by atoms with Gasteiger partial charge in [-0.25, -0.2) is 0 Å². The number of hydrogen-bond acceptors (Lipinski definition) is 4. The van der Waals surface area contributed by atoms with E-state index < -0.39 is 0 Å². The summed E-state index contributed by atoms with van der Waals surface area (Å²) < 4.78 is 16.2. The van der Waals surface area contributed by atoms with Gasteiger partial charge in [-0.1, -0.05) is 29.8 Å². The molecule has 144 valence electrons. The third-order valence-electron chi connectivity index (χ3n) is 4.80. The normalized spacial score (nSPS) is 16.3. The van der Waals surface area contributed by atoms with Crippen LogP contribution >= 0.6 is 11.6 Å². The fourth-order valence-corrected chi connectivity index (χ4v) is 3.55. The summed E-state index contributed by atoms with van der Waals surface area (Å²) in [6.07, 6.45) is 1.88. The van der Waals surface area contributed by atoms with Gasteiger partial charge < -0.3 is 19.1 Å². The van der Waals surface area contributed by atoms with Crippen LogP contribution < -0.4 is 14.2 Å². The van der Waals surface area contributed by atoms with E-state index in [2.05, 4.69) is 0 Å². The van der Waals surface area contributed by atoms with Crippen LogP contribution in [-0.4, -0.2) is 44.7 Å². The Labute approximate surface area is 164 Å². The van der Waals surface area contributed by atoms with Crippen molar-refractivity contribution in [1.29, 1.82) is 0 Å². The lowest BCUT2D eigenvalue weighted by Gasteiger charge is -2.17. The van der Waals surface area contributed by atoms with Gasteiger partial charge in [0.2, 0.25) is 0 Å². The number of methoxy groups -OCH3 is 2. The zero-order valence-electron chi connectivity index (χ0n) is 15.6. The monoisotopic (exact) mass is 389 g/mol. The summed E-state index contributed by atoms with van der Waals surface area (Å²) in [6, 6.07) is 13.1. The second-order valence-electron chi connectivity index (χ2n) is 6.61. The highest BCUT2D eigenvalue weighted by molar-refractivity contribution is 6.32. The molecule has 1 aliphatic heterocycles. The van der Waals surface area contributed by atoms with Crippen LogP contribution in [-0.2, 0) is 11.2 Å². The van der Waals surface area contributed by atoms with E-state index in [9.17, 15) is 4.79 Å². The molecular formula is C21H24ClNO4. The standard InChI is InChI=1S/C21H24ClNO4/c1-25-19-8-7-15(12-20(19)26-2)11-16-9-10-23(13-16)21(24)14-27-18-6-4-3-5-17(18)22/h3-8,12,16H,9-11,13-14H2,1-2H3. The van der Waals surface area contributed by atoms with Crippen LogP contribution in [0, 0.1) is 5.92 Å². The van der Waals surface area contributed by atoms with Crippen molar-refractivity contribution in [2.45, 2.75) is 12.8 Å². The van der Waals surface area contributed by atoms with Crippen molar-refractivity contribution in [3.63, 3.8) is 0 Å². The first-order valence-corrected chi connectivity index (χ1v) is 9.34. The Kier molecular flexibility index (Phi) is 6.45. The molecule has 0 aromatic heterocycles. The number of rotatable bonds is 7. The second kappa shape index (κ2) is 9.00. The molecule has 0 aliphatic carbocycles. The van der Waals surface area contributed by atoms with Crippen LogP contribution in [0.2, 0.25) is 5.02 Å². The number of hydrogen-bond donors (Lipinski definition) is 0. The summed E-state index contributed by atoms with van der Waals surface area (Å²) in [4.78, 5) is 14.3. The van der Waals surface area contributed by atoms with Gasteiger partial charge in [0, 0.05) is 13.1 Å². The smallest absolute Gasteiger partial charge is 0.260 e. The van der Waals surface area contributed by atoms with Gasteiger partial charge in [0.25, 0.3) is 5.91 Å². The van der Waals surface area contributed by atoms with Gasteiger partial charge in [0.1, 0.15) is 5.75 Å². The molecule has 1 aliphatic rings. The van der Waals surface area contributed by atoms with Crippen LogP contribution in [0.4, 0.5) is 0 Å². The molecule has 27 heavy (non-hydrogen) atoms. The lowest BCUT2D eigenvalue weighted by Crippen LogP contribution is -2.33. The number of carbonyl (C=O) groups is 1. The van der Waals surface area contributed by atoms with E-state index in [1.807, 2.05) is 35.2 Å². The maximum absolute atomic E-state index is 12.4. The average Bonchev–Trinajstić information content (AvgIpc) is 3.15. The molecule has 1 fully saturated rings. The third-order valence-corrected chi connectivity index (χ3v) is 5.11. The first kappa shape index (κ1) is 19.4. The Bertz CT molecular complexity index is 796. The van der Waals surface area contributed by atoms with E-state index in [4.69, 9.17) is 25.8 Å². The Hall–Kier alpha value is -2.40. The van der Waals surface area contributed by atoms with Crippen LogP contribution in [0.1, 0.15) is 12.0 Å².